The Morgan fingerprint density at radius 2 is 1.55 bits per heavy atom. The third-order valence-corrected chi connectivity index (χ3v) is 9.23. The van der Waals surface area contributed by atoms with Crippen LogP contribution in [0.4, 0.5) is 0 Å². The third kappa shape index (κ3) is 2.11. The minimum Gasteiger partial charge on any atom is -0.459 e. The van der Waals surface area contributed by atoms with Gasteiger partial charge in [0.15, 0.2) is 4.87 Å². The predicted octanol–water partition coefficient (Wildman–Crippen LogP) is 4.63. The highest BCUT2D eigenvalue weighted by molar-refractivity contribution is 6.36. The molecule has 29 heavy (non-hydrogen) atoms. The zero-order valence-electron chi connectivity index (χ0n) is 16.6. The van der Waals surface area contributed by atoms with Gasteiger partial charge in [-0.1, -0.05) is 72.3 Å². The SMILES string of the molecule is O=C(OC1CC2C13CCC3[N+]21CCCC1)C(Cl)(c1ccccc1)c1ccccc1. The fourth-order valence-corrected chi connectivity index (χ4v) is 7.58. The lowest BCUT2D eigenvalue weighted by molar-refractivity contribution is -1.05. The minimum absolute atomic E-state index is 0.0358. The molecule has 2 saturated carbocycles. The highest BCUT2D eigenvalue weighted by Crippen LogP contribution is 2.73. The number of fused-ring (bicyclic) bond motifs is 2. The molecule has 2 aromatic carbocycles. The number of piperidine rings is 2. The average molecular weight is 409 g/mol. The summed E-state index contributed by atoms with van der Waals surface area (Å²) in [4.78, 5) is 12.3. The number of carbonyl (C=O) groups excluding carboxylic acids is 1. The van der Waals surface area contributed by atoms with Crippen LogP contribution in [0.15, 0.2) is 60.7 Å². The molecule has 6 rings (SSSR count). The maximum atomic E-state index is 13.6. The fraction of sp³-hybridized carbons (Fsp3) is 0.480. The molecule has 0 N–H and O–H groups in total. The lowest BCUT2D eigenvalue weighted by Crippen LogP contribution is -2.94. The van der Waals surface area contributed by atoms with Gasteiger partial charge in [-0.2, -0.15) is 0 Å². The van der Waals surface area contributed by atoms with Gasteiger partial charge >= 0.3 is 5.97 Å². The van der Waals surface area contributed by atoms with E-state index in [1.165, 1.54) is 43.3 Å². The number of hydrogen-bond donors (Lipinski definition) is 0. The van der Waals surface area contributed by atoms with Crippen LogP contribution in [0.3, 0.4) is 0 Å². The molecular weight excluding hydrogens is 382 g/mol. The van der Waals surface area contributed by atoms with Crippen LogP contribution in [0, 0.1) is 5.41 Å². The summed E-state index contributed by atoms with van der Waals surface area (Å²) >= 11 is 7.11. The number of esters is 1. The van der Waals surface area contributed by atoms with E-state index in [2.05, 4.69) is 0 Å². The van der Waals surface area contributed by atoms with Crippen LogP contribution in [-0.2, 0) is 14.4 Å². The van der Waals surface area contributed by atoms with E-state index in [-0.39, 0.29) is 17.5 Å². The summed E-state index contributed by atoms with van der Waals surface area (Å²) in [6.07, 6.45) is 6.29. The molecule has 0 radical (unpaired) electrons. The van der Waals surface area contributed by atoms with Gasteiger partial charge in [0, 0.05) is 25.7 Å². The van der Waals surface area contributed by atoms with Crippen molar-refractivity contribution in [1.82, 2.24) is 0 Å². The molecule has 0 aromatic heterocycles. The molecule has 4 aliphatic rings. The highest BCUT2D eigenvalue weighted by atomic mass is 35.5. The van der Waals surface area contributed by atoms with Gasteiger partial charge in [0.25, 0.3) is 0 Å². The largest absolute Gasteiger partial charge is 0.459 e. The maximum absolute atomic E-state index is 13.6. The summed E-state index contributed by atoms with van der Waals surface area (Å²) in [5.41, 5.74) is 1.80. The Kier molecular flexibility index (Phi) is 3.77. The van der Waals surface area contributed by atoms with Crippen molar-refractivity contribution < 1.29 is 14.0 Å². The van der Waals surface area contributed by atoms with E-state index in [1.807, 2.05) is 60.7 Å². The number of hydrogen-bond acceptors (Lipinski definition) is 2. The molecule has 4 atom stereocenters. The van der Waals surface area contributed by atoms with Crippen molar-refractivity contribution >= 4 is 17.6 Å². The van der Waals surface area contributed by atoms with Gasteiger partial charge in [-0.15, -0.1) is 0 Å². The molecule has 4 fully saturated rings. The van der Waals surface area contributed by atoms with Crippen molar-refractivity contribution in [3.05, 3.63) is 71.8 Å². The maximum Gasteiger partial charge on any atom is 0.336 e. The van der Waals surface area contributed by atoms with Crippen LogP contribution in [0.25, 0.3) is 0 Å². The van der Waals surface area contributed by atoms with E-state index in [0.29, 0.717) is 0 Å². The molecule has 2 saturated heterocycles. The Morgan fingerprint density at radius 1 is 0.966 bits per heavy atom. The van der Waals surface area contributed by atoms with Crippen LogP contribution in [0.1, 0.15) is 43.2 Å². The molecule has 4 heteroatoms. The van der Waals surface area contributed by atoms with Crippen molar-refractivity contribution in [2.45, 2.75) is 55.2 Å². The number of benzene rings is 2. The van der Waals surface area contributed by atoms with Crippen molar-refractivity contribution in [2.24, 2.45) is 5.41 Å². The molecule has 0 amide bonds. The van der Waals surface area contributed by atoms with Crippen molar-refractivity contribution in [2.75, 3.05) is 13.1 Å². The first-order chi connectivity index (χ1) is 14.1. The van der Waals surface area contributed by atoms with Gasteiger partial charge in [0.1, 0.15) is 23.6 Å². The first kappa shape index (κ1) is 18.0. The predicted molar refractivity (Wildman–Crippen MR) is 112 cm³/mol. The normalized spacial score (nSPS) is 33.6. The van der Waals surface area contributed by atoms with Gasteiger partial charge < -0.3 is 9.22 Å². The summed E-state index contributed by atoms with van der Waals surface area (Å²) in [7, 11) is 0. The van der Waals surface area contributed by atoms with Crippen LogP contribution in [0.5, 0.6) is 0 Å². The first-order valence-electron chi connectivity index (χ1n) is 11.0. The quantitative estimate of drug-likeness (QED) is 0.419. The van der Waals surface area contributed by atoms with E-state index in [4.69, 9.17) is 16.3 Å². The van der Waals surface area contributed by atoms with Gasteiger partial charge in [-0.3, -0.25) is 0 Å². The number of halogens is 1. The Labute approximate surface area is 177 Å². The van der Waals surface area contributed by atoms with E-state index < -0.39 is 4.87 Å². The fourth-order valence-electron chi connectivity index (χ4n) is 7.28. The second-order valence-electron chi connectivity index (χ2n) is 9.46. The van der Waals surface area contributed by atoms with E-state index in [0.717, 1.165) is 29.6 Å². The Balaban J connectivity index is 1.29. The van der Waals surface area contributed by atoms with Crippen molar-refractivity contribution in [3.63, 3.8) is 0 Å². The number of rotatable bonds is 4. The van der Waals surface area contributed by atoms with Crippen LogP contribution < -0.4 is 0 Å². The second kappa shape index (κ2) is 6.09. The Hall–Kier alpha value is -1.84. The number of nitrogens with zero attached hydrogens (tertiary/aromatic N) is 1. The average Bonchev–Trinajstić information content (AvgIpc) is 3.20. The third-order valence-electron chi connectivity index (χ3n) is 8.64. The number of alkyl halides is 1. The molecule has 2 aromatic rings. The first-order valence-corrected chi connectivity index (χ1v) is 11.4. The standard InChI is InChI=1S/C25H27ClNO2/c26-25(18-9-3-1-4-10-18,19-11-5-2-6-12-19)23(28)29-22-17-21-24(22)14-13-20(24)27(21)15-7-8-16-27/h1-6,9-12,20-22H,7-8,13-17H2/q+1. The van der Waals surface area contributed by atoms with E-state index >= 15 is 0 Å². The van der Waals surface area contributed by atoms with Gasteiger partial charge in [0.05, 0.1) is 13.1 Å². The molecule has 3 nitrogen and oxygen atoms in total. The summed E-state index contributed by atoms with van der Waals surface area (Å²) in [5.74, 6) is -0.320. The number of ether oxygens (including phenoxy) is 1. The van der Waals surface area contributed by atoms with Crippen LogP contribution >= 0.6 is 11.6 Å². The molecule has 2 aliphatic carbocycles. The molecular formula is C25H27ClNO2+. The van der Waals surface area contributed by atoms with Crippen LogP contribution in [-0.4, -0.2) is 41.7 Å². The van der Waals surface area contributed by atoms with Gasteiger partial charge in [0.2, 0.25) is 0 Å². The zero-order chi connectivity index (χ0) is 19.7. The summed E-state index contributed by atoms with van der Waals surface area (Å²) in [5, 5.41) is 0. The monoisotopic (exact) mass is 408 g/mol. The Bertz CT molecular complexity index is 890. The van der Waals surface area contributed by atoms with Gasteiger partial charge in [-0.25, -0.2) is 4.79 Å². The summed E-state index contributed by atoms with van der Waals surface area (Å²) in [6, 6.07) is 20.7. The summed E-state index contributed by atoms with van der Waals surface area (Å²) in [6.45, 7) is 2.68. The van der Waals surface area contributed by atoms with Gasteiger partial charge in [-0.05, 0) is 17.5 Å². The molecule has 0 bridgehead atoms. The number of quaternary nitrogens is 1. The highest BCUT2D eigenvalue weighted by Gasteiger charge is 2.86. The Morgan fingerprint density at radius 3 is 2.03 bits per heavy atom. The lowest BCUT2D eigenvalue weighted by atomic mass is 9.39. The smallest absolute Gasteiger partial charge is 0.336 e. The van der Waals surface area contributed by atoms with E-state index in [9.17, 15) is 4.79 Å². The molecule has 2 spiro atoms. The van der Waals surface area contributed by atoms with Crippen molar-refractivity contribution in [1.29, 1.82) is 0 Å². The summed E-state index contributed by atoms with van der Waals surface area (Å²) < 4.78 is 7.57. The molecule has 4 unspecified atom stereocenters. The second-order valence-corrected chi connectivity index (χ2v) is 10.0. The topological polar surface area (TPSA) is 26.3 Å². The molecule has 2 aliphatic heterocycles. The molecule has 150 valence electrons. The van der Waals surface area contributed by atoms with E-state index in [1.54, 1.807) is 0 Å². The van der Waals surface area contributed by atoms with Crippen molar-refractivity contribution in [3.8, 4) is 0 Å². The lowest BCUT2D eigenvalue weighted by Gasteiger charge is -2.80. The zero-order valence-corrected chi connectivity index (χ0v) is 17.4. The molecule has 2 heterocycles. The number of carbonyl (C=O) groups is 1. The van der Waals surface area contributed by atoms with Crippen LogP contribution in [0.2, 0.25) is 0 Å². The minimum atomic E-state index is -1.30.